The first kappa shape index (κ1) is 17.3. The fourth-order valence-electron chi connectivity index (χ4n) is 2.39. The summed E-state index contributed by atoms with van der Waals surface area (Å²) in [6.45, 7) is 4.54. The Hall–Kier alpha value is -1.79. The second kappa shape index (κ2) is 7.85. The van der Waals surface area contributed by atoms with Crippen LogP contribution in [0.4, 0.5) is 4.79 Å². The van der Waals surface area contributed by atoms with E-state index in [0.29, 0.717) is 32.4 Å². The van der Waals surface area contributed by atoms with E-state index in [4.69, 9.17) is 4.74 Å². The molecule has 21 heavy (non-hydrogen) atoms. The van der Waals surface area contributed by atoms with Crippen LogP contribution in [0.1, 0.15) is 33.1 Å². The smallest absolute Gasteiger partial charge is 0.326 e. The van der Waals surface area contributed by atoms with Crippen LogP contribution in [-0.2, 0) is 14.3 Å². The van der Waals surface area contributed by atoms with Gasteiger partial charge in [0.05, 0.1) is 13.0 Å². The number of carbonyl (C=O) groups excluding carboxylic acids is 2. The lowest BCUT2D eigenvalue weighted by molar-refractivity contribution is -0.146. The first-order chi connectivity index (χ1) is 9.90. The molecule has 1 aliphatic rings. The van der Waals surface area contributed by atoms with Crippen LogP contribution in [0, 0.1) is 11.8 Å². The van der Waals surface area contributed by atoms with Gasteiger partial charge in [-0.1, -0.05) is 20.3 Å². The minimum atomic E-state index is -1.03. The second-order valence-electron chi connectivity index (χ2n) is 5.44. The van der Waals surface area contributed by atoms with E-state index in [-0.39, 0.29) is 23.8 Å². The number of nitrogens with one attached hydrogen (secondary N) is 1. The number of nitrogens with zero attached hydrogens (tertiary/aromatic N) is 1. The summed E-state index contributed by atoms with van der Waals surface area (Å²) in [7, 11) is 1.35. The molecule has 0 bridgehead atoms. The van der Waals surface area contributed by atoms with Gasteiger partial charge in [0.15, 0.2) is 0 Å². The molecule has 1 aliphatic heterocycles. The van der Waals surface area contributed by atoms with E-state index >= 15 is 0 Å². The van der Waals surface area contributed by atoms with Gasteiger partial charge in [0.1, 0.15) is 6.04 Å². The summed E-state index contributed by atoms with van der Waals surface area (Å²) < 4.78 is 4.69. The monoisotopic (exact) mass is 300 g/mol. The minimum Gasteiger partial charge on any atom is -0.480 e. The molecule has 1 rings (SSSR count). The normalized spacial score (nSPS) is 18.7. The number of rotatable bonds is 5. The highest BCUT2D eigenvalue weighted by molar-refractivity contribution is 5.83. The Morgan fingerprint density at radius 3 is 2.33 bits per heavy atom. The van der Waals surface area contributed by atoms with Crippen molar-refractivity contribution in [2.24, 2.45) is 11.8 Å². The lowest BCUT2D eigenvalue weighted by atomic mass is 9.97. The highest BCUT2D eigenvalue weighted by atomic mass is 16.5. The van der Waals surface area contributed by atoms with Gasteiger partial charge >= 0.3 is 18.0 Å². The van der Waals surface area contributed by atoms with Crippen LogP contribution in [0.3, 0.4) is 0 Å². The molecule has 7 nitrogen and oxygen atoms in total. The molecule has 0 saturated carbocycles. The molecule has 2 unspecified atom stereocenters. The molecular formula is C14H24N2O5. The van der Waals surface area contributed by atoms with Crippen LogP contribution >= 0.6 is 0 Å². The van der Waals surface area contributed by atoms with Crippen LogP contribution in [0.15, 0.2) is 0 Å². The summed E-state index contributed by atoms with van der Waals surface area (Å²) >= 11 is 0. The standard InChI is InChI=1S/C14H24N2O5/c1-4-9(2)11(12(17)18)15-14(20)16-7-5-10(6-8-16)13(19)21-3/h9-11H,4-8H2,1-3H3,(H,15,20)(H,17,18). The molecule has 2 amide bonds. The van der Waals surface area contributed by atoms with E-state index in [1.165, 1.54) is 7.11 Å². The van der Waals surface area contributed by atoms with Crippen molar-refractivity contribution in [3.8, 4) is 0 Å². The Labute approximate surface area is 124 Å². The third kappa shape index (κ3) is 4.61. The number of carboxylic acid groups (broad SMARTS) is 1. The first-order valence-electron chi connectivity index (χ1n) is 7.26. The third-order valence-corrected chi connectivity index (χ3v) is 4.07. The van der Waals surface area contributed by atoms with Crippen LogP contribution < -0.4 is 5.32 Å². The van der Waals surface area contributed by atoms with Gasteiger partial charge in [0.2, 0.25) is 0 Å². The summed E-state index contributed by atoms with van der Waals surface area (Å²) in [5.74, 6) is -1.59. The molecule has 1 fully saturated rings. The Bertz CT molecular complexity index is 391. The zero-order chi connectivity index (χ0) is 16.0. The number of methoxy groups -OCH3 is 1. The van der Waals surface area contributed by atoms with Crippen molar-refractivity contribution in [2.45, 2.75) is 39.2 Å². The number of amides is 2. The summed E-state index contributed by atoms with van der Waals surface area (Å²) in [5.41, 5.74) is 0. The van der Waals surface area contributed by atoms with Crippen molar-refractivity contribution in [3.05, 3.63) is 0 Å². The number of likely N-dealkylation sites (tertiary alicyclic amines) is 1. The van der Waals surface area contributed by atoms with Crippen molar-refractivity contribution in [1.29, 1.82) is 0 Å². The van der Waals surface area contributed by atoms with E-state index in [1.54, 1.807) is 11.8 Å². The minimum absolute atomic E-state index is 0.140. The molecule has 7 heteroatoms. The second-order valence-corrected chi connectivity index (χ2v) is 5.44. The van der Waals surface area contributed by atoms with E-state index in [2.05, 4.69) is 5.32 Å². The number of hydrogen-bond acceptors (Lipinski definition) is 4. The van der Waals surface area contributed by atoms with Gasteiger partial charge in [-0.3, -0.25) is 4.79 Å². The van der Waals surface area contributed by atoms with E-state index in [9.17, 15) is 19.5 Å². The Morgan fingerprint density at radius 2 is 1.90 bits per heavy atom. The summed E-state index contributed by atoms with van der Waals surface area (Å²) in [6.07, 6.45) is 1.75. The number of ether oxygens (including phenoxy) is 1. The Kier molecular flexibility index (Phi) is 6.45. The Morgan fingerprint density at radius 1 is 1.33 bits per heavy atom. The highest BCUT2D eigenvalue weighted by Gasteiger charge is 2.31. The highest BCUT2D eigenvalue weighted by Crippen LogP contribution is 2.19. The fourth-order valence-corrected chi connectivity index (χ4v) is 2.39. The quantitative estimate of drug-likeness (QED) is 0.741. The maximum absolute atomic E-state index is 12.1. The third-order valence-electron chi connectivity index (χ3n) is 4.07. The van der Waals surface area contributed by atoms with Gasteiger partial charge in [0.25, 0.3) is 0 Å². The van der Waals surface area contributed by atoms with Crippen molar-refractivity contribution < 1.29 is 24.2 Å². The van der Waals surface area contributed by atoms with Gasteiger partial charge in [-0.2, -0.15) is 0 Å². The van der Waals surface area contributed by atoms with Crippen LogP contribution in [0.2, 0.25) is 0 Å². The van der Waals surface area contributed by atoms with E-state index in [1.807, 2.05) is 6.92 Å². The summed E-state index contributed by atoms with van der Waals surface area (Å²) in [5, 5.41) is 11.7. The number of aliphatic carboxylic acids is 1. The zero-order valence-corrected chi connectivity index (χ0v) is 12.8. The van der Waals surface area contributed by atoms with Crippen molar-refractivity contribution in [2.75, 3.05) is 20.2 Å². The largest absolute Gasteiger partial charge is 0.480 e. The molecule has 1 saturated heterocycles. The average molecular weight is 300 g/mol. The van der Waals surface area contributed by atoms with Crippen molar-refractivity contribution in [1.82, 2.24) is 10.2 Å². The fraction of sp³-hybridized carbons (Fsp3) is 0.786. The average Bonchev–Trinajstić information content (AvgIpc) is 2.50. The number of carbonyl (C=O) groups is 3. The summed E-state index contributed by atoms with van der Waals surface area (Å²) in [4.78, 5) is 36.3. The van der Waals surface area contributed by atoms with Gasteiger partial charge in [-0.05, 0) is 18.8 Å². The van der Waals surface area contributed by atoms with Gasteiger partial charge in [-0.25, -0.2) is 9.59 Å². The van der Waals surface area contributed by atoms with Crippen molar-refractivity contribution >= 4 is 18.0 Å². The topological polar surface area (TPSA) is 95.9 Å². The van der Waals surface area contributed by atoms with Crippen LogP contribution in [-0.4, -0.2) is 54.2 Å². The molecule has 0 radical (unpaired) electrons. The zero-order valence-electron chi connectivity index (χ0n) is 12.8. The Balaban J connectivity index is 2.53. The van der Waals surface area contributed by atoms with Gasteiger partial charge in [0, 0.05) is 13.1 Å². The first-order valence-corrected chi connectivity index (χ1v) is 7.26. The van der Waals surface area contributed by atoms with Gasteiger partial charge in [-0.15, -0.1) is 0 Å². The van der Waals surface area contributed by atoms with Crippen molar-refractivity contribution in [3.63, 3.8) is 0 Å². The number of carboxylic acids is 1. The maximum atomic E-state index is 12.1. The number of piperidine rings is 1. The molecule has 1 heterocycles. The van der Waals surface area contributed by atoms with E-state index in [0.717, 1.165) is 0 Å². The molecule has 0 aliphatic carbocycles. The number of hydrogen-bond donors (Lipinski definition) is 2. The molecule has 120 valence electrons. The number of urea groups is 1. The molecule has 0 spiro atoms. The van der Waals surface area contributed by atoms with E-state index < -0.39 is 12.0 Å². The number of esters is 1. The maximum Gasteiger partial charge on any atom is 0.326 e. The lowest BCUT2D eigenvalue weighted by Gasteiger charge is -2.32. The molecular weight excluding hydrogens is 276 g/mol. The molecule has 0 aromatic heterocycles. The predicted molar refractivity (Wildman–Crippen MR) is 75.7 cm³/mol. The van der Waals surface area contributed by atoms with Gasteiger partial charge < -0.3 is 20.1 Å². The predicted octanol–water partition coefficient (Wildman–Crippen LogP) is 1.08. The molecule has 0 aromatic carbocycles. The molecule has 2 N–H and O–H groups in total. The summed E-state index contributed by atoms with van der Waals surface area (Å²) in [6, 6.07) is -1.27. The molecule has 2 atom stereocenters. The van der Waals surface area contributed by atoms with Crippen LogP contribution in [0.25, 0.3) is 0 Å². The molecule has 0 aromatic rings. The lowest BCUT2D eigenvalue weighted by Crippen LogP contribution is -2.52. The SMILES string of the molecule is CCC(C)C(NC(=O)N1CCC(C(=O)OC)CC1)C(=O)O. The van der Waals surface area contributed by atoms with Crippen LogP contribution in [0.5, 0.6) is 0 Å².